The quantitative estimate of drug-likeness (QED) is 0.845. The van der Waals surface area contributed by atoms with Crippen molar-refractivity contribution in [2.24, 2.45) is 0 Å². The van der Waals surface area contributed by atoms with Gasteiger partial charge in [-0.2, -0.15) is 0 Å². The minimum atomic E-state index is 0.288. The zero-order valence-corrected chi connectivity index (χ0v) is 10.9. The first kappa shape index (κ1) is 12.0. The SMILES string of the molecule is Nc1ccc(NCc2ccc3c(c2)OCO3)c(Cl)c1. The summed E-state index contributed by atoms with van der Waals surface area (Å²) in [7, 11) is 0. The molecular formula is C14H13ClN2O2. The minimum absolute atomic E-state index is 0.288. The van der Waals surface area contributed by atoms with Crippen LogP contribution in [0.25, 0.3) is 0 Å². The van der Waals surface area contributed by atoms with Crippen LogP contribution in [0.5, 0.6) is 11.5 Å². The van der Waals surface area contributed by atoms with E-state index in [9.17, 15) is 0 Å². The van der Waals surface area contributed by atoms with Crippen LogP contribution in [0.4, 0.5) is 11.4 Å². The molecule has 0 radical (unpaired) electrons. The molecule has 3 N–H and O–H groups in total. The molecule has 0 aromatic heterocycles. The first-order chi connectivity index (χ1) is 9.22. The molecule has 2 aromatic rings. The molecule has 0 saturated carbocycles. The Morgan fingerprint density at radius 3 is 2.79 bits per heavy atom. The Bertz CT molecular complexity index is 616. The summed E-state index contributed by atoms with van der Waals surface area (Å²) >= 11 is 6.10. The van der Waals surface area contributed by atoms with Gasteiger partial charge in [0.25, 0.3) is 0 Å². The van der Waals surface area contributed by atoms with Crippen LogP contribution in [-0.4, -0.2) is 6.79 Å². The van der Waals surface area contributed by atoms with Gasteiger partial charge in [-0.05, 0) is 35.9 Å². The number of nitrogens with two attached hydrogens (primary N) is 1. The fraction of sp³-hybridized carbons (Fsp3) is 0.143. The van der Waals surface area contributed by atoms with Gasteiger partial charge in [-0.25, -0.2) is 0 Å². The summed E-state index contributed by atoms with van der Waals surface area (Å²) < 4.78 is 10.6. The predicted octanol–water partition coefficient (Wildman–Crippen LogP) is 3.26. The van der Waals surface area contributed by atoms with Gasteiger partial charge in [-0.1, -0.05) is 17.7 Å². The number of rotatable bonds is 3. The van der Waals surface area contributed by atoms with Crippen molar-refractivity contribution in [3.63, 3.8) is 0 Å². The van der Waals surface area contributed by atoms with Crippen molar-refractivity contribution in [2.45, 2.75) is 6.54 Å². The number of anilines is 2. The lowest BCUT2D eigenvalue weighted by Gasteiger charge is -2.09. The molecule has 5 heteroatoms. The summed E-state index contributed by atoms with van der Waals surface area (Å²) in [6, 6.07) is 11.3. The summed E-state index contributed by atoms with van der Waals surface area (Å²) in [5.74, 6) is 1.57. The summed E-state index contributed by atoms with van der Waals surface area (Å²) in [6.07, 6.45) is 0. The molecule has 3 rings (SSSR count). The molecular weight excluding hydrogens is 264 g/mol. The highest BCUT2D eigenvalue weighted by Crippen LogP contribution is 2.33. The molecule has 0 bridgehead atoms. The number of benzene rings is 2. The van der Waals surface area contributed by atoms with E-state index >= 15 is 0 Å². The van der Waals surface area contributed by atoms with Crippen molar-refractivity contribution in [1.82, 2.24) is 0 Å². The van der Waals surface area contributed by atoms with Gasteiger partial charge in [-0.15, -0.1) is 0 Å². The Kier molecular flexibility index (Phi) is 3.09. The average molecular weight is 277 g/mol. The molecule has 98 valence electrons. The van der Waals surface area contributed by atoms with E-state index in [-0.39, 0.29) is 6.79 Å². The van der Waals surface area contributed by atoms with E-state index in [0.717, 1.165) is 22.7 Å². The molecule has 0 unspecified atom stereocenters. The molecule has 1 heterocycles. The van der Waals surface area contributed by atoms with Gasteiger partial charge in [0.15, 0.2) is 11.5 Å². The lowest BCUT2D eigenvalue weighted by Crippen LogP contribution is -2.00. The summed E-state index contributed by atoms with van der Waals surface area (Å²) in [6.45, 7) is 0.941. The third kappa shape index (κ3) is 2.53. The van der Waals surface area contributed by atoms with Crippen LogP contribution in [0, 0.1) is 0 Å². The van der Waals surface area contributed by atoms with Crippen LogP contribution >= 0.6 is 11.6 Å². The lowest BCUT2D eigenvalue weighted by molar-refractivity contribution is 0.174. The number of fused-ring (bicyclic) bond motifs is 1. The third-order valence-corrected chi connectivity index (χ3v) is 3.23. The average Bonchev–Trinajstić information content (AvgIpc) is 2.85. The maximum Gasteiger partial charge on any atom is 0.231 e. The fourth-order valence-electron chi connectivity index (χ4n) is 1.92. The molecule has 4 nitrogen and oxygen atoms in total. The van der Waals surface area contributed by atoms with E-state index in [1.54, 1.807) is 6.07 Å². The molecule has 0 fully saturated rings. The first-order valence-corrected chi connectivity index (χ1v) is 6.27. The van der Waals surface area contributed by atoms with Crippen LogP contribution in [0.3, 0.4) is 0 Å². The van der Waals surface area contributed by atoms with Crippen LogP contribution in [0.2, 0.25) is 5.02 Å². The minimum Gasteiger partial charge on any atom is -0.454 e. The van der Waals surface area contributed by atoms with E-state index in [4.69, 9.17) is 26.8 Å². The molecule has 0 saturated heterocycles. The lowest BCUT2D eigenvalue weighted by atomic mass is 10.2. The van der Waals surface area contributed by atoms with Gasteiger partial charge >= 0.3 is 0 Å². The van der Waals surface area contributed by atoms with Gasteiger partial charge in [-0.3, -0.25) is 0 Å². The number of hydrogen-bond acceptors (Lipinski definition) is 4. The number of ether oxygens (including phenoxy) is 2. The van der Waals surface area contributed by atoms with Crippen molar-refractivity contribution in [3.05, 3.63) is 47.0 Å². The van der Waals surface area contributed by atoms with E-state index in [0.29, 0.717) is 17.3 Å². The van der Waals surface area contributed by atoms with Gasteiger partial charge in [0.1, 0.15) is 0 Å². The van der Waals surface area contributed by atoms with Gasteiger partial charge in [0.05, 0.1) is 10.7 Å². The molecule has 1 aliphatic heterocycles. The molecule has 2 aromatic carbocycles. The summed E-state index contributed by atoms with van der Waals surface area (Å²) in [5, 5.41) is 3.88. The second-order valence-electron chi connectivity index (χ2n) is 4.28. The molecule has 0 atom stereocenters. The first-order valence-electron chi connectivity index (χ1n) is 5.90. The Balaban J connectivity index is 1.72. The fourth-order valence-corrected chi connectivity index (χ4v) is 2.18. The number of nitrogen functional groups attached to an aromatic ring is 1. The largest absolute Gasteiger partial charge is 0.454 e. The Morgan fingerprint density at radius 1 is 1.11 bits per heavy atom. The number of halogens is 1. The highest BCUT2D eigenvalue weighted by atomic mass is 35.5. The highest BCUT2D eigenvalue weighted by molar-refractivity contribution is 6.33. The van der Waals surface area contributed by atoms with Gasteiger partial charge in [0, 0.05) is 12.2 Å². The highest BCUT2D eigenvalue weighted by Gasteiger charge is 2.13. The van der Waals surface area contributed by atoms with Crippen LogP contribution in [0.15, 0.2) is 36.4 Å². The molecule has 0 spiro atoms. The van der Waals surface area contributed by atoms with E-state index in [1.165, 1.54) is 0 Å². The van der Waals surface area contributed by atoms with Crippen molar-refractivity contribution in [2.75, 3.05) is 17.8 Å². The number of hydrogen-bond donors (Lipinski definition) is 2. The monoisotopic (exact) mass is 276 g/mol. The van der Waals surface area contributed by atoms with Crippen molar-refractivity contribution in [3.8, 4) is 11.5 Å². The standard InChI is InChI=1S/C14H13ClN2O2/c15-11-6-10(16)2-3-12(11)17-7-9-1-4-13-14(5-9)19-8-18-13/h1-6,17H,7-8,16H2. The zero-order chi connectivity index (χ0) is 13.2. The van der Waals surface area contributed by atoms with Crippen LogP contribution in [0.1, 0.15) is 5.56 Å². The van der Waals surface area contributed by atoms with Gasteiger partial charge < -0.3 is 20.5 Å². The Labute approximate surface area is 116 Å². The van der Waals surface area contributed by atoms with Crippen molar-refractivity contribution < 1.29 is 9.47 Å². The third-order valence-electron chi connectivity index (χ3n) is 2.91. The zero-order valence-electron chi connectivity index (χ0n) is 10.2. The van der Waals surface area contributed by atoms with E-state index in [2.05, 4.69) is 5.32 Å². The van der Waals surface area contributed by atoms with Crippen LogP contribution in [-0.2, 0) is 6.54 Å². The second-order valence-corrected chi connectivity index (χ2v) is 4.69. The van der Waals surface area contributed by atoms with Crippen LogP contribution < -0.4 is 20.5 Å². The Morgan fingerprint density at radius 2 is 1.95 bits per heavy atom. The predicted molar refractivity (Wildman–Crippen MR) is 75.8 cm³/mol. The summed E-state index contributed by atoms with van der Waals surface area (Å²) in [4.78, 5) is 0. The molecule has 0 amide bonds. The molecule has 19 heavy (non-hydrogen) atoms. The normalized spacial score (nSPS) is 12.5. The van der Waals surface area contributed by atoms with E-state index in [1.807, 2.05) is 30.3 Å². The number of nitrogens with one attached hydrogen (secondary N) is 1. The van der Waals surface area contributed by atoms with Crippen molar-refractivity contribution >= 4 is 23.0 Å². The second kappa shape index (κ2) is 4.90. The maximum absolute atomic E-state index is 6.10. The topological polar surface area (TPSA) is 56.5 Å². The Hall–Kier alpha value is -2.07. The molecule has 0 aliphatic carbocycles. The van der Waals surface area contributed by atoms with E-state index < -0.39 is 0 Å². The summed E-state index contributed by atoms with van der Waals surface area (Å²) in [5.41, 5.74) is 8.25. The maximum atomic E-state index is 6.10. The smallest absolute Gasteiger partial charge is 0.231 e. The van der Waals surface area contributed by atoms with Gasteiger partial charge in [0.2, 0.25) is 6.79 Å². The molecule has 1 aliphatic rings. The van der Waals surface area contributed by atoms with Crippen molar-refractivity contribution in [1.29, 1.82) is 0 Å².